The lowest BCUT2D eigenvalue weighted by Crippen LogP contribution is -2.37. The summed E-state index contributed by atoms with van der Waals surface area (Å²) in [4.78, 5) is 20.4. The third-order valence-corrected chi connectivity index (χ3v) is 3.92. The van der Waals surface area contributed by atoms with Gasteiger partial charge in [0.05, 0.1) is 12.1 Å². The second-order valence-electron chi connectivity index (χ2n) is 5.47. The van der Waals surface area contributed by atoms with Gasteiger partial charge in [-0.2, -0.15) is 0 Å². The van der Waals surface area contributed by atoms with Crippen molar-refractivity contribution in [2.75, 3.05) is 25.0 Å². The van der Waals surface area contributed by atoms with Crippen LogP contribution < -0.4 is 21.5 Å². The molecule has 1 amide bonds. The van der Waals surface area contributed by atoms with Crippen molar-refractivity contribution >= 4 is 22.6 Å². The van der Waals surface area contributed by atoms with E-state index in [4.69, 9.17) is 0 Å². The van der Waals surface area contributed by atoms with Gasteiger partial charge in [0.2, 0.25) is 5.91 Å². The van der Waals surface area contributed by atoms with Crippen LogP contribution in [-0.2, 0) is 4.79 Å². The van der Waals surface area contributed by atoms with Crippen molar-refractivity contribution < 1.29 is 4.79 Å². The van der Waals surface area contributed by atoms with Gasteiger partial charge in [0.15, 0.2) is 0 Å². The molecular formula is C15H20N6O. The molecule has 1 fully saturated rings. The molecule has 1 saturated heterocycles. The Morgan fingerprint density at radius 1 is 1.36 bits per heavy atom. The smallest absolute Gasteiger partial charge is 0.239 e. The maximum Gasteiger partial charge on any atom is 0.239 e. The van der Waals surface area contributed by atoms with Crippen LogP contribution >= 0.6 is 0 Å². The lowest BCUT2D eigenvalue weighted by molar-refractivity contribution is -0.119. The number of hydrogen-bond acceptors (Lipinski definition) is 6. The predicted octanol–water partition coefficient (Wildman–Crippen LogP) is 0.270. The van der Waals surface area contributed by atoms with Gasteiger partial charge in [-0.1, -0.05) is 12.1 Å². The zero-order chi connectivity index (χ0) is 15.4. The van der Waals surface area contributed by atoms with Crippen molar-refractivity contribution in [3.8, 4) is 0 Å². The Labute approximate surface area is 128 Å². The van der Waals surface area contributed by atoms with E-state index in [9.17, 15) is 4.79 Å². The van der Waals surface area contributed by atoms with Gasteiger partial charge in [0.1, 0.15) is 12.1 Å². The van der Waals surface area contributed by atoms with E-state index < -0.39 is 0 Å². The van der Waals surface area contributed by atoms with E-state index in [2.05, 4.69) is 38.4 Å². The van der Waals surface area contributed by atoms with Gasteiger partial charge in [-0.3, -0.25) is 15.6 Å². The lowest BCUT2D eigenvalue weighted by atomic mass is 10.0. The summed E-state index contributed by atoms with van der Waals surface area (Å²) in [5.41, 5.74) is 7.09. The number of carbonyl (C=O) groups is 1. The molecule has 1 aliphatic heterocycles. The fraction of sp³-hybridized carbons (Fsp3) is 0.400. The van der Waals surface area contributed by atoms with Gasteiger partial charge >= 0.3 is 0 Å². The van der Waals surface area contributed by atoms with E-state index >= 15 is 0 Å². The molecular weight excluding hydrogens is 280 g/mol. The number of anilines is 1. The zero-order valence-electron chi connectivity index (χ0n) is 12.5. The fourth-order valence-electron chi connectivity index (χ4n) is 2.51. The van der Waals surface area contributed by atoms with Crippen molar-refractivity contribution in [3.63, 3.8) is 0 Å². The number of aromatic nitrogens is 2. The summed E-state index contributed by atoms with van der Waals surface area (Å²) in [5.74, 6) is 1.05. The first-order chi connectivity index (χ1) is 10.7. The highest BCUT2D eigenvalue weighted by molar-refractivity contribution is 5.90. The normalized spacial score (nSPS) is 21.0. The molecule has 7 nitrogen and oxygen atoms in total. The first-order valence-electron chi connectivity index (χ1n) is 7.43. The predicted molar refractivity (Wildman–Crippen MR) is 85.1 cm³/mol. The number of benzene rings is 1. The topological polar surface area (TPSA) is 91.0 Å². The molecule has 1 aliphatic rings. The summed E-state index contributed by atoms with van der Waals surface area (Å²) in [7, 11) is 0. The Morgan fingerprint density at radius 2 is 2.23 bits per heavy atom. The minimum Gasteiger partial charge on any atom is -0.360 e. The standard InChI is InChI=1S/C15H20N6O/c1-10-11(7-20-21-10)6-16-14(22)8-17-15-12-4-2-3-5-13(12)18-9-19-15/h2-5,9-11,20-21H,6-8H2,1H3,(H,16,22)(H,17,18,19). The summed E-state index contributed by atoms with van der Waals surface area (Å²) in [5, 5.41) is 6.94. The Hall–Kier alpha value is -2.25. The van der Waals surface area contributed by atoms with Crippen LogP contribution in [0.5, 0.6) is 0 Å². The van der Waals surface area contributed by atoms with Crippen molar-refractivity contribution in [2.24, 2.45) is 5.92 Å². The monoisotopic (exact) mass is 300 g/mol. The van der Waals surface area contributed by atoms with E-state index in [1.807, 2.05) is 24.3 Å². The molecule has 2 heterocycles. The molecule has 2 unspecified atom stereocenters. The minimum atomic E-state index is -0.0400. The number of hydrogen-bond donors (Lipinski definition) is 4. The van der Waals surface area contributed by atoms with E-state index in [-0.39, 0.29) is 12.5 Å². The van der Waals surface area contributed by atoms with Crippen molar-refractivity contribution in [1.82, 2.24) is 26.1 Å². The number of nitrogens with one attached hydrogen (secondary N) is 4. The third kappa shape index (κ3) is 3.32. The van der Waals surface area contributed by atoms with Gasteiger partial charge in [0, 0.05) is 30.4 Å². The van der Waals surface area contributed by atoms with Crippen molar-refractivity contribution in [1.29, 1.82) is 0 Å². The average Bonchev–Trinajstić information content (AvgIpc) is 2.96. The zero-order valence-corrected chi connectivity index (χ0v) is 12.5. The van der Waals surface area contributed by atoms with Crippen LogP contribution in [0.3, 0.4) is 0 Å². The Bertz CT molecular complexity index is 656. The van der Waals surface area contributed by atoms with Crippen LogP contribution in [0, 0.1) is 5.92 Å². The summed E-state index contributed by atoms with van der Waals surface area (Å²) in [6, 6.07) is 8.07. The average molecular weight is 300 g/mol. The molecule has 0 bridgehead atoms. The molecule has 1 aromatic carbocycles. The molecule has 3 rings (SSSR count). The van der Waals surface area contributed by atoms with Crippen molar-refractivity contribution in [3.05, 3.63) is 30.6 Å². The van der Waals surface area contributed by atoms with E-state index in [0.29, 0.717) is 24.3 Å². The van der Waals surface area contributed by atoms with Crippen molar-refractivity contribution in [2.45, 2.75) is 13.0 Å². The number of carbonyl (C=O) groups excluding carboxylic acids is 1. The summed E-state index contributed by atoms with van der Waals surface area (Å²) in [6.07, 6.45) is 1.50. The molecule has 7 heteroatoms. The lowest BCUT2D eigenvalue weighted by Gasteiger charge is -2.15. The van der Waals surface area contributed by atoms with Crippen LogP contribution in [0.25, 0.3) is 10.9 Å². The molecule has 0 spiro atoms. The third-order valence-electron chi connectivity index (χ3n) is 3.92. The van der Waals surface area contributed by atoms with Crippen LogP contribution in [0.2, 0.25) is 0 Å². The fourth-order valence-corrected chi connectivity index (χ4v) is 2.51. The van der Waals surface area contributed by atoms with Gasteiger partial charge in [0.25, 0.3) is 0 Å². The molecule has 0 saturated carbocycles. The first kappa shape index (κ1) is 14.7. The largest absolute Gasteiger partial charge is 0.360 e. The van der Waals surface area contributed by atoms with Gasteiger partial charge in [-0.15, -0.1) is 0 Å². The maximum atomic E-state index is 12.0. The molecule has 0 radical (unpaired) electrons. The van der Waals surface area contributed by atoms with Crippen LogP contribution in [-0.4, -0.2) is 41.6 Å². The number of fused-ring (bicyclic) bond motifs is 1. The Kier molecular flexibility index (Phi) is 4.45. The molecule has 1 aromatic heterocycles. The Balaban J connectivity index is 1.54. The number of rotatable bonds is 5. The molecule has 2 aromatic rings. The van der Waals surface area contributed by atoms with Crippen LogP contribution in [0.15, 0.2) is 30.6 Å². The first-order valence-corrected chi connectivity index (χ1v) is 7.43. The summed E-state index contributed by atoms with van der Waals surface area (Å²) in [6.45, 7) is 3.82. The second kappa shape index (κ2) is 6.67. The quantitative estimate of drug-likeness (QED) is 0.634. The highest BCUT2D eigenvalue weighted by atomic mass is 16.1. The van der Waals surface area contributed by atoms with E-state index in [0.717, 1.165) is 17.4 Å². The second-order valence-corrected chi connectivity index (χ2v) is 5.47. The van der Waals surface area contributed by atoms with Gasteiger partial charge in [-0.25, -0.2) is 9.97 Å². The SMILES string of the molecule is CC1NNCC1CNC(=O)CNc1ncnc2ccccc12. The maximum absolute atomic E-state index is 12.0. The van der Waals surface area contributed by atoms with E-state index in [1.165, 1.54) is 6.33 Å². The Morgan fingerprint density at radius 3 is 3.05 bits per heavy atom. The summed E-state index contributed by atoms with van der Waals surface area (Å²) >= 11 is 0. The molecule has 4 N–H and O–H groups in total. The number of nitrogens with zero attached hydrogens (tertiary/aromatic N) is 2. The van der Waals surface area contributed by atoms with Crippen LogP contribution in [0.4, 0.5) is 5.82 Å². The highest BCUT2D eigenvalue weighted by Gasteiger charge is 2.22. The molecule has 116 valence electrons. The minimum absolute atomic E-state index is 0.0400. The molecule has 2 atom stereocenters. The highest BCUT2D eigenvalue weighted by Crippen LogP contribution is 2.17. The summed E-state index contributed by atoms with van der Waals surface area (Å²) < 4.78 is 0. The number of amides is 1. The molecule has 0 aliphatic carbocycles. The molecule has 22 heavy (non-hydrogen) atoms. The van der Waals surface area contributed by atoms with E-state index in [1.54, 1.807) is 0 Å². The number of para-hydroxylation sites is 1. The van der Waals surface area contributed by atoms with Crippen LogP contribution in [0.1, 0.15) is 6.92 Å². The van der Waals surface area contributed by atoms with Gasteiger partial charge in [-0.05, 0) is 19.1 Å². The van der Waals surface area contributed by atoms with Gasteiger partial charge < -0.3 is 10.6 Å². The number of hydrazine groups is 1.